The number of nitrogens with zero attached hydrogens (tertiary/aromatic N) is 8. The van der Waals surface area contributed by atoms with Gasteiger partial charge in [0.05, 0.1) is 11.8 Å². The van der Waals surface area contributed by atoms with Gasteiger partial charge in [-0.05, 0) is 39.5 Å². The Labute approximate surface area is 252 Å². The lowest BCUT2D eigenvalue weighted by molar-refractivity contribution is -0.121. The minimum Gasteiger partial charge on any atom is -0.299 e. The molecule has 232 valence electrons. The van der Waals surface area contributed by atoms with E-state index in [1.807, 2.05) is 0 Å². The van der Waals surface area contributed by atoms with Gasteiger partial charge >= 0.3 is 0 Å². The van der Waals surface area contributed by atoms with Gasteiger partial charge in [-0.3, -0.25) is 19.2 Å². The van der Waals surface area contributed by atoms with Crippen LogP contribution in [0.1, 0.15) is 132 Å². The first-order valence-electron chi connectivity index (χ1n) is 16.0. The fourth-order valence-corrected chi connectivity index (χ4v) is 5.54. The van der Waals surface area contributed by atoms with Crippen molar-refractivity contribution in [2.24, 2.45) is 21.8 Å². The highest BCUT2D eigenvalue weighted by atomic mass is 16.2. The van der Waals surface area contributed by atoms with Crippen LogP contribution in [-0.4, -0.2) is 64.3 Å². The van der Waals surface area contributed by atoms with Crippen LogP contribution >= 0.6 is 0 Å². The zero-order valence-electron chi connectivity index (χ0n) is 26.0. The number of aromatic nitrogens is 6. The Hall–Kier alpha value is -3.70. The lowest BCUT2D eigenvalue weighted by Gasteiger charge is -2.10. The summed E-state index contributed by atoms with van der Waals surface area (Å²) in [4.78, 5) is 59.8. The maximum atomic E-state index is 13.0. The summed E-state index contributed by atoms with van der Waals surface area (Å²) in [6.45, 7) is 7.67. The summed E-state index contributed by atoms with van der Waals surface area (Å²) in [6.07, 6.45) is 12.4. The summed E-state index contributed by atoms with van der Waals surface area (Å²) in [6, 6.07) is 0. The number of unbranched alkanes of at least 4 members (excludes halogenated alkanes) is 8. The van der Waals surface area contributed by atoms with Crippen LogP contribution in [-0.2, 0) is 22.4 Å². The van der Waals surface area contributed by atoms with E-state index < -0.39 is 11.8 Å². The van der Waals surface area contributed by atoms with Crippen LogP contribution in [0.4, 0.5) is 11.9 Å². The quantitative estimate of drug-likeness (QED) is 0.179. The Kier molecular flexibility index (Phi) is 11.4. The Morgan fingerprint density at radius 2 is 0.977 bits per heavy atom. The van der Waals surface area contributed by atoms with Crippen LogP contribution in [0.2, 0.25) is 0 Å². The number of fused-ring (bicyclic) bond motifs is 2. The van der Waals surface area contributed by atoms with Crippen LogP contribution in [0.5, 0.6) is 0 Å². The first-order valence-corrected chi connectivity index (χ1v) is 16.0. The van der Waals surface area contributed by atoms with E-state index in [0.29, 0.717) is 37.3 Å². The molecule has 0 saturated heterocycles. The van der Waals surface area contributed by atoms with E-state index in [1.54, 1.807) is 13.8 Å². The maximum absolute atomic E-state index is 13.0. The second-order valence-corrected chi connectivity index (χ2v) is 11.7. The molecule has 2 aliphatic rings. The fraction of sp³-hybridized carbons (Fsp3) is 0.677. The predicted octanol–water partition coefficient (Wildman–Crippen LogP) is 5.63. The molecule has 0 fully saturated rings. The van der Waals surface area contributed by atoms with Gasteiger partial charge in [-0.1, -0.05) is 58.8 Å². The highest BCUT2D eigenvalue weighted by molar-refractivity contribution is 6.46. The zero-order chi connectivity index (χ0) is 30.9. The average molecular weight is 593 g/mol. The number of Topliss-reactive ketones (excluding diaryl/α,β-unsaturated/α-hetero) is 2. The molecule has 0 spiro atoms. The molecule has 0 amide bonds. The molecular weight excluding hydrogens is 548 g/mol. The zero-order valence-corrected chi connectivity index (χ0v) is 26.0. The number of hydrogen-bond donors (Lipinski definition) is 0. The van der Waals surface area contributed by atoms with Gasteiger partial charge < -0.3 is 0 Å². The van der Waals surface area contributed by atoms with Crippen LogP contribution in [0.3, 0.4) is 0 Å². The average Bonchev–Trinajstić information content (AvgIpc) is 3.75. The van der Waals surface area contributed by atoms with Gasteiger partial charge in [-0.15, -0.1) is 20.4 Å². The standard InChI is InChI=1S/C31H44N8O4/c1-5-7-12-16-22(40)20(3)26-28(42)38-24(34-36-30(38)32-26)18-14-10-9-11-15-19-25-35-37-31-33-27(29(43)39(25)31)21(4)23(41)17-13-8-6-2/h20-21H,5-19H2,1-4H3/t20-,21-/m0/s1. The molecule has 2 atom stereocenters. The monoisotopic (exact) mass is 592 g/mol. The van der Waals surface area contributed by atoms with Crippen LogP contribution in [0.15, 0.2) is 9.98 Å². The Morgan fingerprint density at radius 1 is 0.581 bits per heavy atom. The SMILES string of the molecule is CCCCCC(=O)[C@H](C)C1=Nc2nnc(CCCCCCCc3nnc4n3C(=O)C([C@@H](C)C(=O)CCCCC)=N4)n2C1=O. The second-order valence-electron chi connectivity index (χ2n) is 11.7. The third kappa shape index (κ3) is 7.45. The summed E-state index contributed by atoms with van der Waals surface area (Å²) in [7, 11) is 0. The van der Waals surface area contributed by atoms with E-state index in [9.17, 15) is 19.2 Å². The normalized spacial score (nSPS) is 15.3. The molecule has 12 nitrogen and oxygen atoms in total. The molecule has 0 aromatic carbocycles. The third-order valence-electron chi connectivity index (χ3n) is 8.35. The lowest BCUT2D eigenvalue weighted by atomic mass is 9.96. The van der Waals surface area contributed by atoms with Crippen molar-refractivity contribution in [1.29, 1.82) is 0 Å². The molecule has 0 radical (unpaired) electrons. The van der Waals surface area contributed by atoms with E-state index >= 15 is 0 Å². The summed E-state index contributed by atoms with van der Waals surface area (Å²) < 4.78 is 2.90. The Balaban J connectivity index is 1.17. The maximum Gasteiger partial charge on any atom is 0.281 e. The van der Waals surface area contributed by atoms with Gasteiger partial charge in [-0.2, -0.15) is 0 Å². The molecule has 0 aliphatic carbocycles. The minimum absolute atomic E-state index is 0.0386. The lowest BCUT2D eigenvalue weighted by Crippen LogP contribution is -2.29. The first-order chi connectivity index (χ1) is 20.8. The molecule has 4 rings (SSSR count). The summed E-state index contributed by atoms with van der Waals surface area (Å²) in [5, 5.41) is 16.5. The van der Waals surface area contributed by atoms with Gasteiger partial charge in [0.2, 0.25) is 0 Å². The molecular formula is C31H44N8O4. The minimum atomic E-state index is -0.541. The summed E-state index contributed by atoms with van der Waals surface area (Å²) >= 11 is 0. The molecule has 2 aromatic heterocycles. The fourth-order valence-electron chi connectivity index (χ4n) is 5.54. The van der Waals surface area contributed by atoms with Crippen molar-refractivity contribution in [2.75, 3.05) is 0 Å². The van der Waals surface area contributed by atoms with Crippen molar-refractivity contribution < 1.29 is 19.2 Å². The van der Waals surface area contributed by atoms with E-state index in [0.717, 1.165) is 70.6 Å². The van der Waals surface area contributed by atoms with Crippen molar-refractivity contribution in [2.45, 2.75) is 124 Å². The smallest absolute Gasteiger partial charge is 0.281 e. The topological polar surface area (TPSA) is 154 Å². The van der Waals surface area contributed by atoms with Crippen LogP contribution in [0, 0.1) is 11.8 Å². The number of carbonyl (C=O) groups is 4. The number of rotatable bonds is 20. The highest BCUT2D eigenvalue weighted by Gasteiger charge is 2.36. The van der Waals surface area contributed by atoms with E-state index in [4.69, 9.17) is 0 Å². The molecule has 12 heteroatoms. The third-order valence-corrected chi connectivity index (χ3v) is 8.35. The number of carbonyl (C=O) groups excluding carboxylic acids is 4. The Morgan fingerprint density at radius 3 is 1.37 bits per heavy atom. The second kappa shape index (κ2) is 15.2. The number of hydrogen-bond acceptors (Lipinski definition) is 10. The molecule has 0 saturated carbocycles. The van der Waals surface area contributed by atoms with E-state index in [-0.39, 0.29) is 46.7 Å². The summed E-state index contributed by atoms with van der Waals surface area (Å²) in [5.41, 5.74) is 0.522. The molecule has 0 bridgehead atoms. The van der Waals surface area contributed by atoms with Gasteiger partial charge in [0.25, 0.3) is 23.7 Å². The van der Waals surface area contributed by atoms with Gasteiger partial charge in [-0.25, -0.2) is 19.1 Å². The molecule has 0 unspecified atom stereocenters. The highest BCUT2D eigenvalue weighted by Crippen LogP contribution is 2.26. The Bertz CT molecular complexity index is 1300. The molecule has 2 aromatic rings. The van der Waals surface area contributed by atoms with Crippen molar-refractivity contribution in [3.63, 3.8) is 0 Å². The predicted molar refractivity (Wildman–Crippen MR) is 163 cm³/mol. The van der Waals surface area contributed by atoms with Crippen molar-refractivity contribution in [3.05, 3.63) is 11.6 Å². The molecule has 4 heterocycles. The van der Waals surface area contributed by atoms with Crippen molar-refractivity contribution >= 4 is 46.7 Å². The van der Waals surface area contributed by atoms with E-state index in [1.165, 1.54) is 9.13 Å². The molecule has 2 aliphatic heterocycles. The van der Waals surface area contributed by atoms with Gasteiger partial charge in [0, 0.05) is 25.7 Å². The number of aryl methyl sites for hydroxylation is 2. The van der Waals surface area contributed by atoms with Crippen LogP contribution in [0.25, 0.3) is 0 Å². The molecule has 43 heavy (non-hydrogen) atoms. The van der Waals surface area contributed by atoms with Crippen molar-refractivity contribution in [1.82, 2.24) is 29.5 Å². The van der Waals surface area contributed by atoms with Gasteiger partial charge in [0.1, 0.15) is 34.6 Å². The van der Waals surface area contributed by atoms with E-state index in [2.05, 4.69) is 44.2 Å². The number of ketones is 2. The number of aliphatic imine (C=N–C) groups is 2. The largest absolute Gasteiger partial charge is 0.299 e. The van der Waals surface area contributed by atoms with Gasteiger partial charge in [0.15, 0.2) is 0 Å². The van der Waals surface area contributed by atoms with Crippen molar-refractivity contribution in [3.8, 4) is 0 Å². The first kappa shape index (κ1) is 32.2. The summed E-state index contributed by atoms with van der Waals surface area (Å²) in [5.74, 6) is 0.107. The molecule has 0 N–H and O–H groups in total. The van der Waals surface area contributed by atoms with Crippen LogP contribution < -0.4 is 0 Å².